The van der Waals surface area contributed by atoms with Gasteiger partial charge in [-0.25, -0.2) is 0 Å². The summed E-state index contributed by atoms with van der Waals surface area (Å²) < 4.78 is 23.3. The van der Waals surface area contributed by atoms with E-state index in [0.717, 1.165) is 17.7 Å². The average Bonchev–Trinajstić information content (AvgIpc) is 2.49. The number of aromatic nitrogens is 1. The summed E-state index contributed by atoms with van der Waals surface area (Å²) in [5.41, 5.74) is 2.89. The van der Waals surface area contributed by atoms with Crippen LogP contribution in [0.4, 0.5) is 0 Å². The van der Waals surface area contributed by atoms with Crippen molar-refractivity contribution < 1.29 is 4.11 Å². The quantitative estimate of drug-likeness (QED) is 0.735. The molecule has 0 aliphatic heterocycles. The van der Waals surface area contributed by atoms with Gasteiger partial charge < -0.3 is 0 Å². The Bertz CT molecular complexity index is 700. The Kier molecular flexibility index (Phi) is 3.34. The van der Waals surface area contributed by atoms with E-state index in [9.17, 15) is 0 Å². The smallest absolute Gasteiger partial charge is 0.0799 e. The Morgan fingerprint density at radius 1 is 1.20 bits per heavy atom. The Morgan fingerprint density at radius 2 is 1.85 bits per heavy atom. The molecule has 2 heteroatoms. The van der Waals surface area contributed by atoms with Crippen LogP contribution < -0.4 is 5.19 Å². The summed E-state index contributed by atoms with van der Waals surface area (Å²) in [6.45, 7) is 11.4. The van der Waals surface area contributed by atoms with Gasteiger partial charge >= 0.3 is 0 Å². The van der Waals surface area contributed by atoms with Crippen molar-refractivity contribution in [3.8, 4) is 11.3 Å². The maximum atomic E-state index is 7.84. The average molecular weight is 287 g/mol. The molecule has 0 aliphatic rings. The van der Waals surface area contributed by atoms with Crippen molar-refractivity contribution in [3.63, 3.8) is 0 Å². The molecule has 20 heavy (non-hydrogen) atoms. The van der Waals surface area contributed by atoms with E-state index in [1.807, 2.05) is 6.20 Å². The van der Waals surface area contributed by atoms with E-state index < -0.39 is 8.07 Å². The molecule has 0 saturated heterocycles. The summed E-state index contributed by atoms with van der Waals surface area (Å²) >= 11 is 0. The van der Waals surface area contributed by atoms with Gasteiger partial charge in [0, 0.05) is 11.8 Å². The van der Waals surface area contributed by atoms with Crippen molar-refractivity contribution in [2.24, 2.45) is 0 Å². The van der Waals surface area contributed by atoms with Crippen LogP contribution in [0.3, 0.4) is 0 Å². The van der Waals surface area contributed by atoms with Gasteiger partial charge in [0.25, 0.3) is 0 Å². The first-order chi connectivity index (χ1) is 10.6. The van der Waals surface area contributed by atoms with Crippen LogP contribution in [0.5, 0.6) is 0 Å². The van der Waals surface area contributed by atoms with E-state index in [4.69, 9.17) is 4.11 Å². The molecule has 1 unspecified atom stereocenters. The first-order valence-corrected chi connectivity index (χ1v) is 10.7. The highest BCUT2D eigenvalue weighted by atomic mass is 28.3. The summed E-state index contributed by atoms with van der Waals surface area (Å²) in [5.74, 6) is 0.458. The van der Waals surface area contributed by atoms with Crippen molar-refractivity contribution >= 4 is 13.3 Å². The molecule has 0 bridgehead atoms. The van der Waals surface area contributed by atoms with E-state index in [0.29, 0.717) is 5.92 Å². The van der Waals surface area contributed by atoms with Crippen LogP contribution in [0.25, 0.3) is 11.3 Å². The third-order valence-electron chi connectivity index (χ3n) is 3.78. The highest BCUT2D eigenvalue weighted by Crippen LogP contribution is 2.24. The van der Waals surface area contributed by atoms with Gasteiger partial charge in [0.05, 0.1) is 17.9 Å². The molecule has 0 saturated carbocycles. The Labute approximate surface area is 128 Å². The molecule has 1 atom stereocenters. The highest BCUT2D eigenvalue weighted by Gasteiger charge is 2.23. The lowest BCUT2D eigenvalue weighted by molar-refractivity contribution is 0.736. The van der Waals surface area contributed by atoms with Crippen LogP contribution in [-0.2, 0) is 0 Å². The zero-order valence-corrected chi connectivity index (χ0v) is 14.0. The number of benzene rings is 1. The molecular formula is C18H25NSi. The minimum atomic E-state index is -1.48. The molecule has 0 fully saturated rings. The summed E-state index contributed by atoms with van der Waals surface area (Å²) in [4.78, 5) is 4.61. The summed E-state index contributed by atoms with van der Waals surface area (Å²) in [5, 5.41) is 1.38. The standard InChI is InChI=1S/C18H25NSi/c1-6-14(2)16-12-17(15-10-8-7-9-11-15)19-13-18(16)20(3,4)5/h7-14H,6H2,1-5H3/i7D,8D,9D. The first kappa shape index (κ1) is 11.3. The number of nitrogens with zero attached hydrogens (tertiary/aromatic N) is 1. The second-order valence-electron chi connectivity index (χ2n) is 6.37. The van der Waals surface area contributed by atoms with Gasteiger partial charge in [-0.2, -0.15) is 0 Å². The topological polar surface area (TPSA) is 12.9 Å². The molecule has 1 aromatic carbocycles. The summed E-state index contributed by atoms with van der Waals surface area (Å²) in [6, 6.07) is 5.52. The predicted molar refractivity (Wildman–Crippen MR) is 91.4 cm³/mol. The fourth-order valence-electron chi connectivity index (χ4n) is 2.34. The Morgan fingerprint density at radius 3 is 2.40 bits per heavy atom. The van der Waals surface area contributed by atoms with E-state index >= 15 is 0 Å². The third-order valence-corrected chi connectivity index (χ3v) is 5.82. The molecule has 0 N–H and O–H groups in total. The molecule has 2 rings (SSSR count). The van der Waals surface area contributed by atoms with Gasteiger partial charge in [0.2, 0.25) is 0 Å². The van der Waals surface area contributed by atoms with Gasteiger partial charge in [-0.05, 0) is 29.2 Å². The van der Waals surface area contributed by atoms with Crippen molar-refractivity contribution in [3.05, 3.63) is 48.1 Å². The molecule has 2 aromatic rings. The van der Waals surface area contributed by atoms with Crippen molar-refractivity contribution in [1.29, 1.82) is 0 Å². The lowest BCUT2D eigenvalue weighted by Gasteiger charge is -2.24. The largest absolute Gasteiger partial charge is 0.256 e. The van der Waals surface area contributed by atoms with Gasteiger partial charge in [-0.15, -0.1) is 0 Å². The van der Waals surface area contributed by atoms with Gasteiger partial charge in [0.15, 0.2) is 0 Å². The van der Waals surface area contributed by atoms with Crippen LogP contribution >= 0.6 is 0 Å². The third kappa shape index (κ3) is 3.18. The van der Waals surface area contributed by atoms with Crippen molar-refractivity contribution in [1.82, 2.24) is 4.98 Å². The number of hydrogen-bond donors (Lipinski definition) is 0. The number of rotatable bonds is 4. The van der Waals surface area contributed by atoms with Gasteiger partial charge in [-0.1, -0.05) is 63.7 Å². The Hall–Kier alpha value is -1.41. The fraction of sp³-hybridized carbons (Fsp3) is 0.389. The summed E-state index contributed by atoms with van der Waals surface area (Å²) in [7, 11) is -1.48. The SMILES string of the molecule is [2H]c1cc(-c2cc(C(C)CC)c([Si](C)(C)C)cn2)cc([2H])c1[2H]. The van der Waals surface area contributed by atoms with E-state index in [-0.39, 0.29) is 18.1 Å². The molecule has 1 heterocycles. The van der Waals surface area contributed by atoms with Crippen LogP contribution in [-0.4, -0.2) is 13.1 Å². The fourth-order valence-corrected chi connectivity index (χ4v) is 3.98. The molecular weight excluding hydrogens is 258 g/mol. The van der Waals surface area contributed by atoms with Crippen molar-refractivity contribution in [2.45, 2.75) is 45.8 Å². The molecule has 0 radical (unpaired) electrons. The molecule has 0 amide bonds. The lowest BCUT2D eigenvalue weighted by atomic mass is 9.97. The maximum absolute atomic E-state index is 7.84. The second-order valence-corrected chi connectivity index (χ2v) is 11.4. The molecule has 0 aliphatic carbocycles. The monoisotopic (exact) mass is 286 g/mol. The maximum Gasteiger partial charge on any atom is 0.0799 e. The number of pyridine rings is 1. The normalized spacial score (nSPS) is 15.3. The van der Waals surface area contributed by atoms with Gasteiger partial charge in [0.1, 0.15) is 0 Å². The minimum Gasteiger partial charge on any atom is -0.256 e. The number of hydrogen-bond acceptors (Lipinski definition) is 1. The molecule has 106 valence electrons. The second kappa shape index (κ2) is 5.92. The highest BCUT2D eigenvalue weighted by molar-refractivity contribution is 6.89. The zero-order chi connectivity index (χ0) is 17.4. The molecule has 1 aromatic heterocycles. The molecule has 0 spiro atoms. The zero-order valence-electron chi connectivity index (χ0n) is 16.0. The molecule has 1 nitrogen and oxygen atoms in total. The van der Waals surface area contributed by atoms with Crippen LogP contribution in [0, 0.1) is 0 Å². The lowest BCUT2D eigenvalue weighted by Crippen LogP contribution is -2.41. The van der Waals surface area contributed by atoms with Crippen LogP contribution in [0.15, 0.2) is 42.5 Å². The van der Waals surface area contributed by atoms with E-state index in [1.165, 1.54) is 10.8 Å². The van der Waals surface area contributed by atoms with Gasteiger partial charge in [-0.3, -0.25) is 4.98 Å². The predicted octanol–water partition coefficient (Wildman–Crippen LogP) is 4.81. The minimum absolute atomic E-state index is 0.0328. The first-order valence-electron chi connectivity index (χ1n) is 8.73. The Balaban J connectivity index is 2.62. The van der Waals surface area contributed by atoms with E-state index in [2.05, 4.69) is 44.5 Å². The van der Waals surface area contributed by atoms with Crippen LogP contribution in [0.1, 0.15) is 35.9 Å². The summed E-state index contributed by atoms with van der Waals surface area (Å²) in [6.07, 6.45) is 3.06. The van der Waals surface area contributed by atoms with Crippen LogP contribution in [0.2, 0.25) is 19.6 Å². The van der Waals surface area contributed by atoms with Crippen molar-refractivity contribution in [2.75, 3.05) is 0 Å². The van der Waals surface area contributed by atoms with E-state index in [1.54, 1.807) is 12.1 Å².